The van der Waals surface area contributed by atoms with Crippen LogP contribution in [0.3, 0.4) is 0 Å². The summed E-state index contributed by atoms with van der Waals surface area (Å²) in [6, 6.07) is 4.66. The smallest absolute Gasteiger partial charge is 0.255 e. The minimum Gasteiger partial charge on any atom is -0.486 e. The van der Waals surface area contributed by atoms with Crippen LogP contribution in [0.5, 0.6) is 5.75 Å². The van der Waals surface area contributed by atoms with Crippen molar-refractivity contribution in [2.24, 2.45) is 0 Å². The zero-order chi connectivity index (χ0) is 15.7. The van der Waals surface area contributed by atoms with E-state index in [0.29, 0.717) is 30.6 Å². The molecule has 2 N–H and O–H groups in total. The van der Waals surface area contributed by atoms with E-state index in [4.69, 9.17) is 4.74 Å². The summed E-state index contributed by atoms with van der Waals surface area (Å²) < 4.78 is 5.20. The van der Waals surface area contributed by atoms with Gasteiger partial charge in [-0.25, -0.2) is 0 Å². The quantitative estimate of drug-likeness (QED) is 0.752. The number of ether oxygens (including phenoxy) is 1. The van der Waals surface area contributed by atoms with Gasteiger partial charge in [-0.2, -0.15) is 0 Å². The highest BCUT2D eigenvalue weighted by Crippen LogP contribution is 2.30. The van der Waals surface area contributed by atoms with Crippen molar-refractivity contribution in [2.45, 2.75) is 31.7 Å². The molecule has 2 aliphatic rings. The van der Waals surface area contributed by atoms with Crippen molar-refractivity contribution < 1.29 is 24.2 Å². The molecule has 7 heteroatoms. The third-order valence-electron chi connectivity index (χ3n) is 3.97. The molecule has 116 valence electrons. The number of hydrogen-bond donors (Lipinski definition) is 2. The van der Waals surface area contributed by atoms with Crippen LogP contribution in [0.2, 0.25) is 0 Å². The Morgan fingerprint density at radius 1 is 1.41 bits per heavy atom. The summed E-state index contributed by atoms with van der Waals surface area (Å²) in [4.78, 5) is 35.7. The normalized spacial score (nSPS) is 24.0. The molecule has 1 aromatic carbocycles. The number of aliphatic hydroxyl groups is 1. The molecule has 1 saturated heterocycles. The van der Waals surface area contributed by atoms with E-state index >= 15 is 0 Å². The van der Waals surface area contributed by atoms with Gasteiger partial charge in [0.2, 0.25) is 5.91 Å². The lowest BCUT2D eigenvalue weighted by atomic mass is 10.0. The number of aldehydes is 1. The number of hydrogen-bond acceptors (Lipinski definition) is 5. The van der Waals surface area contributed by atoms with Crippen LogP contribution in [0.25, 0.3) is 0 Å². The van der Waals surface area contributed by atoms with Crippen molar-refractivity contribution >= 4 is 18.1 Å². The average Bonchev–Trinajstić information content (AvgIpc) is 2.82. The molecule has 0 spiro atoms. The molecule has 2 unspecified atom stereocenters. The topological polar surface area (TPSA) is 95.9 Å². The van der Waals surface area contributed by atoms with Gasteiger partial charge in [0.05, 0.1) is 6.04 Å². The number of rotatable bonds is 4. The van der Waals surface area contributed by atoms with E-state index in [0.717, 1.165) is 5.56 Å². The molecule has 1 fully saturated rings. The Kier molecular flexibility index (Phi) is 3.81. The van der Waals surface area contributed by atoms with Gasteiger partial charge in [-0.1, -0.05) is 6.07 Å². The summed E-state index contributed by atoms with van der Waals surface area (Å²) in [5.41, 5.74) is 1.35. The Balaban J connectivity index is 1.79. The van der Waals surface area contributed by atoms with E-state index in [2.05, 4.69) is 5.32 Å². The zero-order valence-electron chi connectivity index (χ0n) is 11.8. The fourth-order valence-corrected chi connectivity index (χ4v) is 2.89. The number of amides is 2. The maximum atomic E-state index is 12.5. The number of piperidine rings is 1. The largest absolute Gasteiger partial charge is 0.486 e. The highest BCUT2D eigenvalue weighted by atomic mass is 16.5. The third kappa shape index (κ3) is 2.55. The molecule has 7 nitrogen and oxygen atoms in total. The number of aliphatic hydroxyl groups excluding tert-OH is 1. The summed E-state index contributed by atoms with van der Waals surface area (Å²) in [6.45, 7) is 0.323. The molecule has 22 heavy (non-hydrogen) atoms. The molecule has 0 bridgehead atoms. The van der Waals surface area contributed by atoms with Crippen molar-refractivity contribution in [3.8, 4) is 5.75 Å². The van der Waals surface area contributed by atoms with Crippen molar-refractivity contribution in [3.63, 3.8) is 0 Å². The van der Waals surface area contributed by atoms with Gasteiger partial charge in [-0.05, 0) is 24.1 Å². The molecule has 2 amide bonds. The van der Waals surface area contributed by atoms with E-state index in [1.165, 1.54) is 0 Å². The first-order chi connectivity index (χ1) is 10.6. The minimum atomic E-state index is -1.05. The highest BCUT2D eigenvalue weighted by Gasteiger charge is 2.39. The van der Waals surface area contributed by atoms with Crippen LogP contribution in [0.1, 0.15) is 28.8 Å². The molecule has 3 rings (SSSR count). The Bertz CT molecular complexity index is 630. The molecule has 2 aliphatic heterocycles. The zero-order valence-corrected chi connectivity index (χ0v) is 11.8. The number of nitrogens with one attached hydrogen (secondary N) is 1. The molecule has 2 atom stereocenters. The Morgan fingerprint density at radius 2 is 2.23 bits per heavy atom. The third-order valence-corrected chi connectivity index (χ3v) is 3.97. The average molecular weight is 304 g/mol. The first-order valence-electron chi connectivity index (χ1n) is 7.08. The number of benzene rings is 1. The van der Waals surface area contributed by atoms with Crippen molar-refractivity contribution in [1.29, 1.82) is 0 Å². The molecular weight excluding hydrogens is 288 g/mol. The monoisotopic (exact) mass is 304 g/mol. The van der Waals surface area contributed by atoms with Crippen molar-refractivity contribution in [1.82, 2.24) is 10.2 Å². The van der Waals surface area contributed by atoms with E-state index in [-0.39, 0.29) is 24.8 Å². The number of carbonyl (C=O) groups excluding carboxylic acids is 3. The first-order valence-corrected chi connectivity index (χ1v) is 7.08. The SMILES string of the molecule is O=CCOc1ccc2c(c1)C(=O)N(C1CCC(=O)NC1O)C2. The van der Waals surface area contributed by atoms with Crippen molar-refractivity contribution in [2.75, 3.05) is 6.61 Å². The van der Waals surface area contributed by atoms with Crippen LogP contribution < -0.4 is 10.1 Å². The van der Waals surface area contributed by atoms with Gasteiger partial charge in [-0.3, -0.25) is 14.4 Å². The summed E-state index contributed by atoms with van der Waals surface area (Å²) in [5.74, 6) is 0.0442. The molecular formula is C15H16N2O5. The van der Waals surface area contributed by atoms with Crippen LogP contribution in [0.15, 0.2) is 18.2 Å². The van der Waals surface area contributed by atoms with E-state index in [1.54, 1.807) is 23.1 Å². The van der Waals surface area contributed by atoms with Crippen LogP contribution in [0, 0.1) is 0 Å². The standard InChI is InChI=1S/C15H16N2O5/c18-5-6-22-10-2-1-9-8-17(15(21)11(9)7-10)12-3-4-13(19)16-14(12)20/h1-2,5,7,12,14,20H,3-4,6,8H2,(H,16,19). The minimum absolute atomic E-state index is 0.0654. The lowest BCUT2D eigenvalue weighted by molar-refractivity contribution is -0.129. The number of carbonyl (C=O) groups is 3. The van der Waals surface area contributed by atoms with E-state index in [1.807, 2.05) is 0 Å². The summed E-state index contributed by atoms with van der Waals surface area (Å²) in [6.07, 6.45) is 0.310. The van der Waals surface area contributed by atoms with Gasteiger partial charge in [-0.15, -0.1) is 0 Å². The fourth-order valence-electron chi connectivity index (χ4n) is 2.89. The Morgan fingerprint density at radius 3 is 2.95 bits per heavy atom. The Hall–Kier alpha value is -2.41. The number of nitrogens with zero attached hydrogens (tertiary/aromatic N) is 1. The lowest BCUT2D eigenvalue weighted by Gasteiger charge is -2.35. The van der Waals surface area contributed by atoms with Gasteiger partial charge in [0, 0.05) is 18.5 Å². The summed E-state index contributed by atoms with van der Waals surface area (Å²) in [5, 5.41) is 12.4. The summed E-state index contributed by atoms with van der Waals surface area (Å²) in [7, 11) is 0. The molecule has 2 heterocycles. The van der Waals surface area contributed by atoms with E-state index < -0.39 is 12.3 Å². The second kappa shape index (κ2) is 5.76. The van der Waals surface area contributed by atoms with Gasteiger partial charge in [0.1, 0.15) is 18.6 Å². The van der Waals surface area contributed by atoms with Gasteiger partial charge >= 0.3 is 0 Å². The molecule has 0 aliphatic carbocycles. The molecule has 0 aromatic heterocycles. The Labute approximate surface area is 126 Å². The van der Waals surface area contributed by atoms with Crippen LogP contribution in [-0.2, 0) is 16.1 Å². The maximum Gasteiger partial charge on any atom is 0.255 e. The van der Waals surface area contributed by atoms with Crippen LogP contribution in [-0.4, -0.2) is 47.0 Å². The molecule has 0 saturated carbocycles. The predicted octanol–water partition coefficient (Wildman–Crippen LogP) is -0.183. The summed E-state index contributed by atoms with van der Waals surface area (Å²) >= 11 is 0. The number of fused-ring (bicyclic) bond motifs is 1. The molecule has 1 aromatic rings. The van der Waals surface area contributed by atoms with Crippen molar-refractivity contribution in [3.05, 3.63) is 29.3 Å². The fraction of sp³-hybridized carbons (Fsp3) is 0.400. The van der Waals surface area contributed by atoms with Gasteiger partial charge in [0.25, 0.3) is 5.91 Å². The van der Waals surface area contributed by atoms with E-state index in [9.17, 15) is 19.5 Å². The van der Waals surface area contributed by atoms with Gasteiger partial charge < -0.3 is 20.1 Å². The maximum absolute atomic E-state index is 12.5. The lowest BCUT2D eigenvalue weighted by Crippen LogP contribution is -2.55. The van der Waals surface area contributed by atoms with Crippen LogP contribution in [0.4, 0.5) is 0 Å². The highest BCUT2D eigenvalue weighted by molar-refractivity contribution is 5.99. The second-order valence-electron chi connectivity index (χ2n) is 5.35. The molecule has 0 radical (unpaired) electrons. The van der Waals surface area contributed by atoms with Gasteiger partial charge in [0.15, 0.2) is 6.29 Å². The predicted molar refractivity (Wildman–Crippen MR) is 75.0 cm³/mol. The van der Waals surface area contributed by atoms with Crippen LogP contribution >= 0.6 is 0 Å². The second-order valence-corrected chi connectivity index (χ2v) is 5.35. The first kappa shape index (κ1) is 14.5.